The maximum atomic E-state index is 12.1. The van der Waals surface area contributed by atoms with Crippen molar-refractivity contribution in [1.82, 2.24) is 4.90 Å². The number of Topliss-reactive ketones (excluding diaryl/α,β-unsaturated/α-hetero) is 1. The van der Waals surface area contributed by atoms with Crippen molar-refractivity contribution in [3.63, 3.8) is 0 Å². The van der Waals surface area contributed by atoms with Crippen LogP contribution in [-0.4, -0.2) is 48.2 Å². The van der Waals surface area contributed by atoms with E-state index in [1.807, 2.05) is 0 Å². The Hall–Kier alpha value is -2.44. The molecule has 22 heavy (non-hydrogen) atoms. The Morgan fingerprint density at radius 1 is 1.32 bits per heavy atom. The molecule has 1 aliphatic heterocycles. The van der Waals surface area contributed by atoms with Crippen LogP contribution in [0.3, 0.4) is 0 Å². The average molecular weight is 305 g/mol. The molecule has 1 amide bonds. The van der Waals surface area contributed by atoms with Gasteiger partial charge in [0.05, 0.1) is 11.5 Å². The van der Waals surface area contributed by atoms with Crippen LogP contribution in [0.5, 0.6) is 0 Å². The van der Waals surface area contributed by atoms with Crippen molar-refractivity contribution in [2.24, 2.45) is 0 Å². The first kappa shape index (κ1) is 15.9. The molecule has 2 rings (SSSR count). The van der Waals surface area contributed by atoms with Gasteiger partial charge in [-0.2, -0.15) is 0 Å². The molecule has 7 heteroatoms. The molecule has 0 aliphatic carbocycles. The van der Waals surface area contributed by atoms with E-state index in [0.717, 1.165) is 25.9 Å². The number of benzene rings is 1. The summed E-state index contributed by atoms with van der Waals surface area (Å²) in [6.45, 7) is 2.94. The first-order valence-corrected chi connectivity index (χ1v) is 7.18. The summed E-state index contributed by atoms with van der Waals surface area (Å²) in [5.41, 5.74) is 0.460. The van der Waals surface area contributed by atoms with Gasteiger partial charge in [0.2, 0.25) is 5.91 Å². The fraction of sp³-hybridized carbons (Fsp3) is 0.467. The Balaban J connectivity index is 2.20. The summed E-state index contributed by atoms with van der Waals surface area (Å²) < 4.78 is 0. The van der Waals surface area contributed by atoms with Crippen molar-refractivity contribution in [2.45, 2.75) is 19.8 Å². The highest BCUT2D eigenvalue weighted by molar-refractivity contribution is 5.95. The summed E-state index contributed by atoms with van der Waals surface area (Å²) in [6.07, 6.45) is 2.01. The summed E-state index contributed by atoms with van der Waals surface area (Å²) in [6, 6.07) is 4.32. The second-order valence-corrected chi connectivity index (χ2v) is 5.46. The van der Waals surface area contributed by atoms with Crippen molar-refractivity contribution in [3.05, 3.63) is 33.9 Å². The molecule has 1 saturated heterocycles. The molecular weight excluding hydrogens is 286 g/mol. The molecule has 1 aromatic carbocycles. The quantitative estimate of drug-likeness (QED) is 0.471. The van der Waals surface area contributed by atoms with E-state index in [1.54, 1.807) is 22.9 Å². The number of amides is 1. The lowest BCUT2D eigenvalue weighted by Gasteiger charge is -2.22. The van der Waals surface area contributed by atoms with E-state index in [4.69, 9.17) is 0 Å². The minimum absolute atomic E-state index is 0.0371. The van der Waals surface area contributed by atoms with Gasteiger partial charge < -0.3 is 9.80 Å². The number of hydrogen-bond donors (Lipinski definition) is 0. The summed E-state index contributed by atoms with van der Waals surface area (Å²) in [4.78, 5) is 37.5. The fourth-order valence-electron chi connectivity index (χ4n) is 2.57. The number of anilines is 1. The Bertz CT molecular complexity index is 609. The predicted molar refractivity (Wildman–Crippen MR) is 82.2 cm³/mol. The monoisotopic (exact) mass is 305 g/mol. The summed E-state index contributed by atoms with van der Waals surface area (Å²) >= 11 is 0. The highest BCUT2D eigenvalue weighted by Crippen LogP contribution is 2.28. The number of carbonyl (C=O) groups is 2. The van der Waals surface area contributed by atoms with Crippen LogP contribution in [0, 0.1) is 10.1 Å². The predicted octanol–water partition coefficient (Wildman–Crippen LogP) is 1.86. The van der Waals surface area contributed by atoms with Gasteiger partial charge >= 0.3 is 0 Å². The van der Waals surface area contributed by atoms with Crippen LogP contribution < -0.4 is 4.90 Å². The fourth-order valence-corrected chi connectivity index (χ4v) is 2.57. The maximum absolute atomic E-state index is 12.1. The second-order valence-electron chi connectivity index (χ2n) is 5.46. The molecule has 0 bridgehead atoms. The molecule has 118 valence electrons. The first-order valence-electron chi connectivity index (χ1n) is 7.18. The zero-order valence-electron chi connectivity index (χ0n) is 12.7. The van der Waals surface area contributed by atoms with E-state index < -0.39 is 4.92 Å². The van der Waals surface area contributed by atoms with Crippen LogP contribution in [0.1, 0.15) is 30.1 Å². The molecule has 0 unspecified atom stereocenters. The van der Waals surface area contributed by atoms with Crippen molar-refractivity contribution in [3.8, 4) is 0 Å². The number of hydrogen-bond acceptors (Lipinski definition) is 5. The van der Waals surface area contributed by atoms with Gasteiger partial charge in [-0.3, -0.25) is 19.7 Å². The minimum atomic E-state index is -0.529. The zero-order valence-corrected chi connectivity index (χ0v) is 12.7. The Morgan fingerprint density at radius 3 is 2.50 bits per heavy atom. The van der Waals surface area contributed by atoms with E-state index in [9.17, 15) is 19.7 Å². The smallest absolute Gasteiger partial charge is 0.293 e. The number of ketones is 1. The number of likely N-dealkylation sites (N-methyl/N-ethyl adjacent to an activating group) is 1. The number of nitro benzene ring substituents is 1. The summed E-state index contributed by atoms with van der Waals surface area (Å²) in [5, 5.41) is 11.2. The molecule has 0 atom stereocenters. The molecule has 1 heterocycles. The molecule has 0 radical (unpaired) electrons. The van der Waals surface area contributed by atoms with E-state index in [-0.39, 0.29) is 29.5 Å². The van der Waals surface area contributed by atoms with Gasteiger partial charge in [-0.1, -0.05) is 0 Å². The normalized spacial score (nSPS) is 14.0. The third kappa shape index (κ3) is 3.41. The van der Waals surface area contributed by atoms with Crippen molar-refractivity contribution >= 4 is 23.1 Å². The molecule has 0 spiro atoms. The zero-order chi connectivity index (χ0) is 16.3. The number of carbonyl (C=O) groups excluding carboxylic acids is 2. The number of rotatable bonds is 5. The largest absolute Gasteiger partial charge is 0.360 e. The van der Waals surface area contributed by atoms with Crippen molar-refractivity contribution < 1.29 is 14.5 Å². The van der Waals surface area contributed by atoms with Gasteiger partial charge in [-0.05, 0) is 31.9 Å². The lowest BCUT2D eigenvalue weighted by Crippen LogP contribution is -2.37. The Labute approximate surface area is 128 Å². The Morgan fingerprint density at radius 2 is 1.95 bits per heavy atom. The third-order valence-electron chi connectivity index (χ3n) is 3.82. The van der Waals surface area contributed by atoms with E-state index in [1.165, 1.54) is 19.1 Å². The Kier molecular flexibility index (Phi) is 4.75. The van der Waals surface area contributed by atoms with Gasteiger partial charge in [0, 0.05) is 31.8 Å². The van der Waals surface area contributed by atoms with Gasteiger partial charge in [-0.15, -0.1) is 0 Å². The van der Waals surface area contributed by atoms with Crippen LogP contribution >= 0.6 is 0 Å². The molecular formula is C15H19N3O4. The molecule has 7 nitrogen and oxygen atoms in total. The van der Waals surface area contributed by atoms with Crippen LogP contribution in [0.25, 0.3) is 0 Å². The lowest BCUT2D eigenvalue weighted by atomic mass is 10.1. The first-order chi connectivity index (χ1) is 10.4. The van der Waals surface area contributed by atoms with E-state index in [2.05, 4.69) is 0 Å². The van der Waals surface area contributed by atoms with E-state index >= 15 is 0 Å². The van der Waals surface area contributed by atoms with Gasteiger partial charge in [0.1, 0.15) is 5.69 Å². The van der Waals surface area contributed by atoms with Gasteiger partial charge in [-0.25, -0.2) is 0 Å². The van der Waals surface area contributed by atoms with Crippen LogP contribution in [0.15, 0.2) is 18.2 Å². The van der Waals surface area contributed by atoms with Crippen LogP contribution in [0.4, 0.5) is 11.4 Å². The number of likely N-dealkylation sites (tertiary alicyclic amines) is 1. The minimum Gasteiger partial charge on any atom is -0.360 e. The molecule has 1 aromatic rings. The second kappa shape index (κ2) is 6.55. The van der Waals surface area contributed by atoms with Crippen LogP contribution in [-0.2, 0) is 4.79 Å². The topological polar surface area (TPSA) is 83.8 Å². The molecule has 0 N–H and O–H groups in total. The van der Waals surface area contributed by atoms with Gasteiger partial charge in [0.15, 0.2) is 5.78 Å². The SMILES string of the molecule is CC(=O)c1ccc(N(C)CC(=O)N2CCCC2)c([N+](=O)[O-])c1. The number of nitrogens with zero attached hydrogens (tertiary/aromatic N) is 3. The summed E-state index contributed by atoms with van der Waals surface area (Å²) in [7, 11) is 1.64. The molecule has 1 aliphatic rings. The maximum Gasteiger partial charge on any atom is 0.293 e. The van der Waals surface area contributed by atoms with Crippen LogP contribution in [0.2, 0.25) is 0 Å². The molecule has 1 fully saturated rings. The molecule has 0 saturated carbocycles. The highest BCUT2D eigenvalue weighted by Gasteiger charge is 2.23. The summed E-state index contributed by atoms with van der Waals surface area (Å²) in [5.74, 6) is -0.268. The van der Waals surface area contributed by atoms with E-state index in [0.29, 0.717) is 5.69 Å². The van der Waals surface area contributed by atoms with Crippen molar-refractivity contribution in [1.29, 1.82) is 0 Å². The van der Waals surface area contributed by atoms with Crippen molar-refractivity contribution in [2.75, 3.05) is 31.6 Å². The number of nitro groups is 1. The average Bonchev–Trinajstić information content (AvgIpc) is 3.00. The lowest BCUT2D eigenvalue weighted by molar-refractivity contribution is -0.384. The highest BCUT2D eigenvalue weighted by atomic mass is 16.6. The molecule has 0 aromatic heterocycles. The van der Waals surface area contributed by atoms with Gasteiger partial charge in [0.25, 0.3) is 5.69 Å². The standard InChI is InChI=1S/C15H19N3O4/c1-11(19)12-5-6-13(14(9-12)18(21)22)16(2)10-15(20)17-7-3-4-8-17/h5-6,9H,3-4,7-8,10H2,1-2H3. The third-order valence-corrected chi connectivity index (χ3v) is 3.82.